The van der Waals surface area contributed by atoms with Crippen LogP contribution in [0.5, 0.6) is 0 Å². The first-order chi connectivity index (χ1) is 39.0. The minimum absolute atomic E-state index is 0.0866. The molecule has 0 N–H and O–H groups in total. The second-order valence-electron chi connectivity index (χ2n) is 20.9. The zero-order valence-corrected chi connectivity index (χ0v) is 51.1. The Bertz CT molecular complexity index is 1730. The Morgan fingerprint density at radius 1 is 0.266 bits per heavy atom. The summed E-state index contributed by atoms with van der Waals surface area (Å²) in [5.41, 5.74) is 0. The van der Waals surface area contributed by atoms with Crippen molar-refractivity contribution >= 4 is 17.9 Å². The van der Waals surface area contributed by atoms with Crippen LogP contribution in [0, 0.1) is 0 Å². The third kappa shape index (κ3) is 64.0. The molecule has 0 aromatic rings. The van der Waals surface area contributed by atoms with E-state index in [1.165, 1.54) is 116 Å². The van der Waals surface area contributed by atoms with Crippen LogP contribution in [0.15, 0.2) is 146 Å². The smallest absolute Gasteiger partial charge is 0.310 e. The molecule has 0 rings (SSSR count). The second-order valence-corrected chi connectivity index (χ2v) is 20.9. The van der Waals surface area contributed by atoms with Crippen LogP contribution >= 0.6 is 0 Å². The normalized spacial score (nSPS) is 13.1. The number of unbranched alkanes of at least 4 members (excludes halogenated alkanes) is 23. The summed E-state index contributed by atoms with van der Waals surface area (Å²) in [6.07, 6.45) is 94.8. The van der Waals surface area contributed by atoms with Gasteiger partial charge in [0.15, 0.2) is 6.10 Å². The first kappa shape index (κ1) is 74.3. The highest BCUT2D eigenvalue weighted by Gasteiger charge is 2.19. The van der Waals surface area contributed by atoms with Gasteiger partial charge in [0.25, 0.3) is 0 Å². The molecule has 0 aliphatic heterocycles. The van der Waals surface area contributed by atoms with Gasteiger partial charge in [-0.05, 0) is 116 Å². The third-order valence-corrected chi connectivity index (χ3v) is 13.4. The monoisotopic (exact) mass is 1090 g/mol. The Morgan fingerprint density at radius 3 is 0.785 bits per heavy atom. The number of esters is 3. The molecule has 0 aromatic carbocycles. The molecule has 1 atom stereocenters. The number of ether oxygens (including phenoxy) is 3. The van der Waals surface area contributed by atoms with Crippen LogP contribution in [0.3, 0.4) is 0 Å². The van der Waals surface area contributed by atoms with Crippen molar-refractivity contribution in [2.45, 2.75) is 284 Å². The lowest BCUT2D eigenvalue weighted by Crippen LogP contribution is -2.30. The molecule has 446 valence electrons. The molecule has 6 nitrogen and oxygen atoms in total. The molecule has 0 amide bonds. The largest absolute Gasteiger partial charge is 0.462 e. The molecular formula is C73H118O6. The number of hydrogen-bond acceptors (Lipinski definition) is 6. The van der Waals surface area contributed by atoms with E-state index < -0.39 is 12.1 Å². The summed E-state index contributed by atoms with van der Waals surface area (Å²) in [6.45, 7) is 6.19. The molecule has 0 bridgehead atoms. The van der Waals surface area contributed by atoms with Crippen molar-refractivity contribution in [3.63, 3.8) is 0 Å². The van der Waals surface area contributed by atoms with Crippen LogP contribution in [0.4, 0.5) is 0 Å². The molecule has 6 heteroatoms. The molecule has 0 aliphatic carbocycles. The fourth-order valence-electron chi connectivity index (χ4n) is 8.64. The lowest BCUT2D eigenvalue weighted by atomic mass is 10.0. The average Bonchev–Trinajstić information content (AvgIpc) is 3.45. The van der Waals surface area contributed by atoms with Gasteiger partial charge in [-0.3, -0.25) is 14.4 Å². The van der Waals surface area contributed by atoms with E-state index in [-0.39, 0.29) is 31.6 Å². The highest BCUT2D eigenvalue weighted by atomic mass is 16.6. The molecule has 1 unspecified atom stereocenters. The lowest BCUT2D eigenvalue weighted by Gasteiger charge is -2.18. The van der Waals surface area contributed by atoms with Gasteiger partial charge in [0.2, 0.25) is 0 Å². The second kappa shape index (κ2) is 65.8. The van der Waals surface area contributed by atoms with E-state index >= 15 is 0 Å². The fourth-order valence-corrected chi connectivity index (χ4v) is 8.64. The minimum atomic E-state index is -0.848. The maximum atomic E-state index is 12.8. The van der Waals surface area contributed by atoms with Crippen LogP contribution in [0.2, 0.25) is 0 Å². The minimum Gasteiger partial charge on any atom is -0.462 e. The van der Waals surface area contributed by atoms with Crippen LogP contribution in [0.1, 0.15) is 278 Å². The number of carbonyl (C=O) groups excluding carboxylic acids is 3. The van der Waals surface area contributed by atoms with Crippen LogP contribution < -0.4 is 0 Å². The Balaban J connectivity index is 4.22. The van der Waals surface area contributed by atoms with E-state index in [1.807, 2.05) is 6.08 Å². The van der Waals surface area contributed by atoms with E-state index in [0.717, 1.165) is 116 Å². The summed E-state index contributed by atoms with van der Waals surface area (Å²) < 4.78 is 16.7. The van der Waals surface area contributed by atoms with Crippen molar-refractivity contribution in [2.24, 2.45) is 0 Å². The molecule has 79 heavy (non-hydrogen) atoms. The number of allylic oxidation sites excluding steroid dienone is 23. The summed E-state index contributed by atoms with van der Waals surface area (Å²) in [5, 5.41) is 0. The SMILES string of the molecule is CC/C=C\C/C=C\C/C=C\C/C=C\C/C=C\CC(=O)OC(COC(=O)CCCCC/C=C\C/C=C\C/C=C\CC)COC(=O)CCCCCCCCCCCCCCCCCCCCCC/C=C\C/C=C\C/C=C\C/C=C\CC. The van der Waals surface area contributed by atoms with E-state index in [2.05, 4.69) is 154 Å². The van der Waals surface area contributed by atoms with Crippen molar-refractivity contribution < 1.29 is 28.6 Å². The molecule has 0 saturated heterocycles. The predicted molar refractivity (Wildman–Crippen MR) is 343 cm³/mol. The summed E-state index contributed by atoms with van der Waals surface area (Å²) in [5.74, 6) is -1.09. The predicted octanol–water partition coefficient (Wildman–Crippen LogP) is 22.3. The molecule has 0 aliphatic rings. The highest BCUT2D eigenvalue weighted by molar-refractivity contribution is 5.72. The van der Waals surface area contributed by atoms with E-state index in [1.54, 1.807) is 6.08 Å². The number of hydrogen-bond donors (Lipinski definition) is 0. The first-order valence-corrected chi connectivity index (χ1v) is 32.3. The van der Waals surface area contributed by atoms with Gasteiger partial charge >= 0.3 is 17.9 Å². The number of rotatable bonds is 57. The zero-order valence-electron chi connectivity index (χ0n) is 51.1. The molecular weight excluding hydrogens is 973 g/mol. The van der Waals surface area contributed by atoms with Gasteiger partial charge in [-0.15, -0.1) is 0 Å². The maximum Gasteiger partial charge on any atom is 0.310 e. The van der Waals surface area contributed by atoms with Gasteiger partial charge in [-0.25, -0.2) is 0 Å². The van der Waals surface area contributed by atoms with Gasteiger partial charge in [0, 0.05) is 12.8 Å². The first-order valence-electron chi connectivity index (χ1n) is 32.3. The summed E-state index contributed by atoms with van der Waals surface area (Å²) >= 11 is 0. The highest BCUT2D eigenvalue weighted by Crippen LogP contribution is 2.16. The van der Waals surface area contributed by atoms with E-state index in [0.29, 0.717) is 19.3 Å². The summed E-state index contributed by atoms with van der Waals surface area (Å²) in [4.78, 5) is 38.1. The van der Waals surface area contributed by atoms with Crippen LogP contribution in [-0.2, 0) is 28.6 Å². The Hall–Kier alpha value is -4.71. The quantitative estimate of drug-likeness (QED) is 0.0261. The summed E-state index contributed by atoms with van der Waals surface area (Å²) in [6, 6.07) is 0. The van der Waals surface area contributed by atoms with Crippen molar-refractivity contribution in [1.82, 2.24) is 0 Å². The molecule has 0 saturated carbocycles. The Kier molecular flexibility index (Phi) is 61.9. The van der Waals surface area contributed by atoms with Gasteiger partial charge < -0.3 is 14.2 Å². The average molecular weight is 1090 g/mol. The Labute approximate surface area is 487 Å². The van der Waals surface area contributed by atoms with Gasteiger partial charge in [-0.1, -0.05) is 289 Å². The van der Waals surface area contributed by atoms with Crippen molar-refractivity contribution in [1.29, 1.82) is 0 Å². The van der Waals surface area contributed by atoms with Gasteiger partial charge in [-0.2, -0.15) is 0 Å². The lowest BCUT2D eigenvalue weighted by molar-refractivity contribution is -0.166. The third-order valence-electron chi connectivity index (χ3n) is 13.4. The van der Waals surface area contributed by atoms with Crippen molar-refractivity contribution in [2.75, 3.05) is 13.2 Å². The molecule has 0 heterocycles. The topological polar surface area (TPSA) is 78.9 Å². The van der Waals surface area contributed by atoms with Crippen LogP contribution in [-0.4, -0.2) is 37.2 Å². The van der Waals surface area contributed by atoms with Gasteiger partial charge in [0.1, 0.15) is 13.2 Å². The molecule has 0 aromatic heterocycles. The van der Waals surface area contributed by atoms with E-state index in [4.69, 9.17) is 14.2 Å². The molecule has 0 spiro atoms. The van der Waals surface area contributed by atoms with Crippen LogP contribution in [0.25, 0.3) is 0 Å². The van der Waals surface area contributed by atoms with Crippen molar-refractivity contribution in [3.05, 3.63) is 146 Å². The van der Waals surface area contributed by atoms with E-state index in [9.17, 15) is 14.4 Å². The molecule has 0 radical (unpaired) electrons. The fraction of sp³-hybridized carbons (Fsp3) is 0.630. The zero-order chi connectivity index (χ0) is 57.1. The Morgan fingerprint density at radius 2 is 0.494 bits per heavy atom. The standard InChI is InChI=1S/C73H118O6/c1-4-7-10-13-16-19-22-25-27-28-29-30-31-32-33-34-35-36-37-38-39-40-41-42-43-44-46-48-51-54-57-60-63-66-72(75)78-69-70(68-77-71(74)65-62-59-56-53-50-47-24-21-18-15-12-9-6-3)79-73(76)67-64-61-58-55-52-49-45-26-23-20-17-14-11-8-5-2/h7-12,16-21,25-27,29-30,45,47,50,52,55,61,64,70H,4-6,13-15,22-24,28,31-44,46,48-49,51,53-54,56-60,62-63,65-69H2,1-3H3/b10-7-,11-8-,12-9-,19-16-,20-17-,21-18-,27-25-,30-29-,45-26-,50-47-,55-52-,64-61-. The van der Waals surface area contributed by atoms with Gasteiger partial charge in [0.05, 0.1) is 6.42 Å². The maximum absolute atomic E-state index is 12.8. The number of carbonyl (C=O) groups is 3. The summed E-state index contributed by atoms with van der Waals surface area (Å²) in [7, 11) is 0. The van der Waals surface area contributed by atoms with Crippen molar-refractivity contribution in [3.8, 4) is 0 Å². The molecule has 0 fully saturated rings.